The molecule has 2 nitrogen and oxygen atoms in total. The lowest BCUT2D eigenvalue weighted by molar-refractivity contribution is 0.673. The van der Waals surface area contributed by atoms with Gasteiger partial charge in [0.25, 0.3) is 0 Å². The van der Waals surface area contributed by atoms with Crippen LogP contribution in [0.1, 0.15) is 0 Å². The molecule has 0 unspecified atom stereocenters. The fourth-order valence-electron chi connectivity index (χ4n) is 5.56. The van der Waals surface area contributed by atoms with Gasteiger partial charge in [-0.2, -0.15) is 0 Å². The van der Waals surface area contributed by atoms with Gasteiger partial charge in [0.1, 0.15) is 5.58 Å². The summed E-state index contributed by atoms with van der Waals surface area (Å²) in [6.45, 7) is 0. The van der Waals surface area contributed by atoms with Crippen molar-refractivity contribution in [1.82, 2.24) is 0 Å². The Bertz CT molecular complexity index is 2160. The highest BCUT2D eigenvalue weighted by Gasteiger charge is 2.19. The van der Waals surface area contributed by atoms with Gasteiger partial charge in [-0.15, -0.1) is 11.3 Å². The zero-order chi connectivity index (χ0) is 25.2. The molecule has 0 aliphatic carbocycles. The molecule has 0 aliphatic heterocycles. The number of para-hydroxylation sites is 1. The van der Waals surface area contributed by atoms with Crippen molar-refractivity contribution in [3.05, 3.63) is 126 Å². The van der Waals surface area contributed by atoms with E-state index in [1.807, 2.05) is 35.6 Å². The summed E-state index contributed by atoms with van der Waals surface area (Å²) in [6.07, 6.45) is 0. The van der Waals surface area contributed by atoms with E-state index in [0.717, 1.165) is 44.2 Å². The van der Waals surface area contributed by atoms with Crippen molar-refractivity contribution in [3.63, 3.8) is 0 Å². The smallest absolute Gasteiger partial charge is 0.154 e. The number of thiophene rings is 1. The molecule has 4 heteroatoms. The number of halogens is 1. The van der Waals surface area contributed by atoms with E-state index in [-0.39, 0.29) is 0 Å². The van der Waals surface area contributed by atoms with Gasteiger partial charge in [-0.05, 0) is 60.0 Å². The number of fused-ring (bicyclic) bond motifs is 8. The van der Waals surface area contributed by atoms with Crippen LogP contribution in [0.4, 0.5) is 17.1 Å². The minimum absolute atomic E-state index is 0.598. The number of hydrogen-bond acceptors (Lipinski definition) is 3. The highest BCUT2D eigenvalue weighted by Crippen LogP contribution is 2.44. The van der Waals surface area contributed by atoms with E-state index in [0.29, 0.717) is 10.6 Å². The number of anilines is 3. The molecule has 2 aromatic heterocycles. The van der Waals surface area contributed by atoms with Gasteiger partial charge in [0.2, 0.25) is 0 Å². The minimum atomic E-state index is 0.598. The first-order valence-corrected chi connectivity index (χ1v) is 13.7. The van der Waals surface area contributed by atoms with Gasteiger partial charge < -0.3 is 9.32 Å². The summed E-state index contributed by atoms with van der Waals surface area (Å²) in [5.41, 5.74) is 4.73. The van der Waals surface area contributed by atoms with E-state index in [1.165, 1.54) is 20.2 Å². The maximum absolute atomic E-state index is 6.94. The lowest BCUT2D eigenvalue weighted by Crippen LogP contribution is -2.09. The summed E-state index contributed by atoms with van der Waals surface area (Å²) < 4.78 is 8.97. The first kappa shape index (κ1) is 21.7. The van der Waals surface area contributed by atoms with Crippen molar-refractivity contribution in [3.8, 4) is 0 Å². The molecule has 0 fully saturated rings. The van der Waals surface area contributed by atoms with Gasteiger partial charge in [-0.3, -0.25) is 0 Å². The van der Waals surface area contributed by atoms with Gasteiger partial charge in [-0.1, -0.05) is 78.3 Å². The summed E-state index contributed by atoms with van der Waals surface area (Å²) in [4.78, 5) is 2.27. The molecule has 0 saturated heterocycles. The standard InChI is InChI=1S/C34H20ClNOS/c35-30-20-24(19-29-27-16-14-21-8-4-5-11-25(21)33(27)37-34(29)30)36(22-9-2-1-3-10-22)23-15-17-32-28(18-23)26-12-6-7-13-31(26)38-32/h1-20H. The Morgan fingerprint density at radius 3 is 2.13 bits per heavy atom. The Morgan fingerprint density at radius 1 is 0.500 bits per heavy atom. The molecule has 0 bridgehead atoms. The fraction of sp³-hybridized carbons (Fsp3) is 0. The molecule has 0 amide bonds. The molecule has 0 spiro atoms. The van der Waals surface area contributed by atoms with Crippen molar-refractivity contribution in [2.45, 2.75) is 0 Å². The second-order valence-electron chi connectivity index (χ2n) is 9.52. The zero-order valence-electron chi connectivity index (χ0n) is 20.2. The zero-order valence-corrected chi connectivity index (χ0v) is 21.8. The Morgan fingerprint density at radius 2 is 1.24 bits per heavy atom. The van der Waals surface area contributed by atoms with Crippen molar-refractivity contribution in [2.75, 3.05) is 4.90 Å². The van der Waals surface area contributed by atoms with Crippen LogP contribution < -0.4 is 4.90 Å². The predicted octanol–water partition coefficient (Wildman–Crippen LogP) is 11.2. The number of benzene rings is 6. The van der Waals surface area contributed by atoms with E-state index in [4.69, 9.17) is 16.0 Å². The third kappa shape index (κ3) is 3.26. The van der Waals surface area contributed by atoms with Crippen LogP contribution >= 0.6 is 22.9 Å². The molecule has 0 aliphatic rings. The molecule has 0 N–H and O–H groups in total. The molecule has 2 heterocycles. The van der Waals surface area contributed by atoms with E-state index >= 15 is 0 Å². The number of rotatable bonds is 3. The third-order valence-corrected chi connectivity index (χ3v) is 8.73. The third-order valence-electron chi connectivity index (χ3n) is 7.29. The van der Waals surface area contributed by atoms with Gasteiger partial charge >= 0.3 is 0 Å². The fourth-order valence-corrected chi connectivity index (χ4v) is 6.90. The number of hydrogen-bond donors (Lipinski definition) is 0. The molecule has 38 heavy (non-hydrogen) atoms. The summed E-state index contributed by atoms with van der Waals surface area (Å²) >= 11 is 8.77. The highest BCUT2D eigenvalue weighted by molar-refractivity contribution is 7.25. The second-order valence-corrected chi connectivity index (χ2v) is 11.0. The first-order chi connectivity index (χ1) is 18.7. The monoisotopic (exact) mass is 525 g/mol. The molecule has 180 valence electrons. The molecule has 0 radical (unpaired) electrons. The van der Waals surface area contributed by atoms with Crippen LogP contribution in [0, 0.1) is 0 Å². The first-order valence-electron chi connectivity index (χ1n) is 12.5. The lowest BCUT2D eigenvalue weighted by Gasteiger charge is -2.26. The maximum atomic E-state index is 6.94. The minimum Gasteiger partial charge on any atom is -0.454 e. The molecule has 0 saturated carbocycles. The maximum Gasteiger partial charge on any atom is 0.154 e. The quantitative estimate of drug-likeness (QED) is 0.228. The van der Waals surface area contributed by atoms with E-state index in [9.17, 15) is 0 Å². The largest absolute Gasteiger partial charge is 0.454 e. The lowest BCUT2D eigenvalue weighted by atomic mass is 10.1. The van der Waals surface area contributed by atoms with Crippen LogP contribution in [0.2, 0.25) is 5.02 Å². The van der Waals surface area contributed by atoms with Crippen LogP contribution in [0.3, 0.4) is 0 Å². The van der Waals surface area contributed by atoms with Crippen LogP contribution in [-0.4, -0.2) is 0 Å². The molecule has 0 atom stereocenters. The number of nitrogens with zero attached hydrogens (tertiary/aromatic N) is 1. The van der Waals surface area contributed by atoms with Crippen LogP contribution in [0.25, 0.3) is 52.9 Å². The number of furan rings is 1. The van der Waals surface area contributed by atoms with Crippen LogP contribution in [0.15, 0.2) is 126 Å². The molecule has 6 aromatic carbocycles. The highest BCUT2D eigenvalue weighted by atomic mass is 35.5. The van der Waals surface area contributed by atoms with E-state index in [2.05, 4.69) is 102 Å². The normalized spacial score (nSPS) is 11.8. The SMILES string of the molecule is Clc1cc(N(c2ccccc2)c2ccc3sc4ccccc4c3c2)cc2c1oc1c3ccccc3ccc21. The summed E-state index contributed by atoms with van der Waals surface area (Å²) in [6, 6.07) is 42.6. The van der Waals surface area contributed by atoms with Gasteiger partial charge in [-0.25, -0.2) is 0 Å². The van der Waals surface area contributed by atoms with E-state index in [1.54, 1.807) is 0 Å². The molecule has 8 aromatic rings. The summed E-state index contributed by atoms with van der Waals surface area (Å²) in [5.74, 6) is 0. The Labute approximate surface area is 227 Å². The van der Waals surface area contributed by atoms with Crippen molar-refractivity contribution in [1.29, 1.82) is 0 Å². The van der Waals surface area contributed by atoms with Gasteiger partial charge in [0.15, 0.2) is 5.58 Å². The summed E-state index contributed by atoms with van der Waals surface area (Å²) in [7, 11) is 0. The predicted molar refractivity (Wildman–Crippen MR) is 164 cm³/mol. The van der Waals surface area contributed by atoms with Crippen LogP contribution in [0.5, 0.6) is 0 Å². The molecule has 8 rings (SSSR count). The molecular formula is C34H20ClNOS. The van der Waals surface area contributed by atoms with Gasteiger partial charge in [0, 0.05) is 53.4 Å². The molecular weight excluding hydrogens is 506 g/mol. The Hall–Kier alpha value is -4.31. The van der Waals surface area contributed by atoms with Crippen molar-refractivity contribution < 1.29 is 4.42 Å². The Kier molecular flexibility index (Phi) is 4.78. The van der Waals surface area contributed by atoms with Crippen molar-refractivity contribution >= 4 is 92.9 Å². The topological polar surface area (TPSA) is 16.4 Å². The van der Waals surface area contributed by atoms with Crippen molar-refractivity contribution in [2.24, 2.45) is 0 Å². The Balaban J connectivity index is 1.40. The summed E-state index contributed by atoms with van der Waals surface area (Å²) in [5, 5.41) is 7.46. The second kappa shape index (κ2) is 8.35. The van der Waals surface area contributed by atoms with E-state index < -0.39 is 0 Å². The average molecular weight is 526 g/mol. The van der Waals surface area contributed by atoms with Gasteiger partial charge in [0.05, 0.1) is 5.02 Å². The average Bonchev–Trinajstić information content (AvgIpc) is 3.53. The van der Waals surface area contributed by atoms with Crippen LogP contribution in [-0.2, 0) is 0 Å².